The molecule has 2 aliphatic rings. The molecule has 20 heavy (non-hydrogen) atoms. The van der Waals surface area contributed by atoms with Gasteiger partial charge in [-0.05, 0) is 36.8 Å². The Labute approximate surface area is 121 Å². The van der Waals surface area contributed by atoms with Gasteiger partial charge < -0.3 is 5.32 Å². The summed E-state index contributed by atoms with van der Waals surface area (Å²) in [7, 11) is 0. The maximum atomic E-state index is 3.78. The third-order valence-corrected chi connectivity index (χ3v) is 5.18. The number of hydrogen-bond acceptors (Lipinski definition) is 1. The van der Waals surface area contributed by atoms with Crippen molar-refractivity contribution in [2.24, 2.45) is 0 Å². The lowest BCUT2D eigenvalue weighted by Crippen LogP contribution is -2.47. The van der Waals surface area contributed by atoms with Crippen molar-refractivity contribution in [2.75, 3.05) is 0 Å². The van der Waals surface area contributed by atoms with Gasteiger partial charge >= 0.3 is 0 Å². The van der Waals surface area contributed by atoms with Crippen LogP contribution in [0.2, 0.25) is 0 Å². The Morgan fingerprint density at radius 2 is 1.15 bits per heavy atom. The first-order valence-corrected chi connectivity index (χ1v) is 7.74. The molecular formula is C19H21N. The topological polar surface area (TPSA) is 12.0 Å². The molecule has 2 fully saturated rings. The van der Waals surface area contributed by atoms with Crippen LogP contribution >= 0.6 is 0 Å². The van der Waals surface area contributed by atoms with Crippen LogP contribution in [0.15, 0.2) is 60.7 Å². The summed E-state index contributed by atoms with van der Waals surface area (Å²) in [5.41, 5.74) is 3.19. The van der Waals surface area contributed by atoms with Gasteiger partial charge in [-0.15, -0.1) is 0 Å². The fourth-order valence-corrected chi connectivity index (χ4v) is 4.30. The van der Waals surface area contributed by atoms with E-state index in [1.807, 2.05) is 0 Å². The number of rotatable bonds is 2. The standard InChI is InChI=1S/C19H21N/c1-3-7-15(8-4-1)19(16-9-5-2-6-10-16)13-17-11-12-18(14-19)20-17/h1-10,17-18,20H,11-14H2. The highest BCUT2D eigenvalue weighted by Crippen LogP contribution is 2.47. The van der Waals surface area contributed by atoms with Crippen molar-refractivity contribution in [3.05, 3.63) is 71.8 Å². The Balaban J connectivity index is 1.85. The molecule has 1 heteroatoms. The SMILES string of the molecule is c1ccc(C2(c3ccccc3)CC3CCC(C2)N3)cc1. The van der Waals surface area contributed by atoms with Gasteiger partial charge in [-0.2, -0.15) is 0 Å². The van der Waals surface area contributed by atoms with Gasteiger partial charge in [-0.3, -0.25) is 0 Å². The minimum Gasteiger partial charge on any atom is -0.311 e. The average Bonchev–Trinajstić information content (AvgIpc) is 2.88. The minimum atomic E-state index is 0.208. The summed E-state index contributed by atoms with van der Waals surface area (Å²) in [6, 6.07) is 23.6. The molecule has 2 unspecified atom stereocenters. The fraction of sp³-hybridized carbons (Fsp3) is 0.368. The number of piperidine rings is 1. The zero-order valence-corrected chi connectivity index (χ0v) is 11.8. The van der Waals surface area contributed by atoms with Crippen LogP contribution < -0.4 is 5.32 Å². The van der Waals surface area contributed by atoms with E-state index in [0.717, 1.165) is 0 Å². The molecule has 1 N–H and O–H groups in total. The second-order valence-electron chi connectivity index (χ2n) is 6.36. The van der Waals surface area contributed by atoms with Crippen LogP contribution in [0.4, 0.5) is 0 Å². The average molecular weight is 263 g/mol. The zero-order chi connectivity index (χ0) is 13.4. The molecule has 0 spiro atoms. The molecule has 2 aromatic carbocycles. The van der Waals surface area contributed by atoms with Gasteiger partial charge in [0.15, 0.2) is 0 Å². The van der Waals surface area contributed by atoms with Crippen LogP contribution in [-0.4, -0.2) is 12.1 Å². The van der Waals surface area contributed by atoms with Gasteiger partial charge in [0.05, 0.1) is 0 Å². The van der Waals surface area contributed by atoms with Crippen molar-refractivity contribution < 1.29 is 0 Å². The monoisotopic (exact) mass is 263 g/mol. The molecule has 0 aromatic heterocycles. The third-order valence-electron chi connectivity index (χ3n) is 5.18. The van der Waals surface area contributed by atoms with Gasteiger partial charge in [0.25, 0.3) is 0 Å². The Kier molecular flexibility index (Phi) is 2.89. The van der Waals surface area contributed by atoms with Gasteiger partial charge in [-0.1, -0.05) is 60.7 Å². The van der Waals surface area contributed by atoms with E-state index >= 15 is 0 Å². The first-order valence-electron chi connectivity index (χ1n) is 7.74. The summed E-state index contributed by atoms with van der Waals surface area (Å²) in [4.78, 5) is 0. The molecule has 2 saturated heterocycles. The largest absolute Gasteiger partial charge is 0.311 e. The first-order chi connectivity index (χ1) is 9.87. The highest BCUT2D eigenvalue weighted by molar-refractivity contribution is 5.41. The van der Waals surface area contributed by atoms with Crippen molar-refractivity contribution in [2.45, 2.75) is 43.2 Å². The lowest BCUT2D eigenvalue weighted by Gasteiger charge is -2.42. The molecule has 4 rings (SSSR count). The van der Waals surface area contributed by atoms with E-state index in [2.05, 4.69) is 66.0 Å². The summed E-state index contributed by atoms with van der Waals surface area (Å²) in [6.45, 7) is 0. The zero-order valence-electron chi connectivity index (χ0n) is 11.8. The normalized spacial score (nSPS) is 27.4. The van der Waals surface area contributed by atoms with E-state index in [1.165, 1.54) is 36.8 Å². The van der Waals surface area contributed by atoms with Crippen molar-refractivity contribution in [3.8, 4) is 0 Å². The Hall–Kier alpha value is -1.60. The predicted octanol–water partition coefficient (Wildman–Crippen LogP) is 3.89. The number of nitrogens with one attached hydrogen (secondary N) is 1. The summed E-state index contributed by atoms with van der Waals surface area (Å²) < 4.78 is 0. The van der Waals surface area contributed by atoms with Crippen molar-refractivity contribution >= 4 is 0 Å². The van der Waals surface area contributed by atoms with Gasteiger partial charge in [0, 0.05) is 17.5 Å². The highest BCUT2D eigenvalue weighted by atomic mass is 15.0. The summed E-state index contributed by atoms with van der Waals surface area (Å²) in [5, 5.41) is 3.78. The highest BCUT2D eigenvalue weighted by Gasteiger charge is 2.45. The lowest BCUT2D eigenvalue weighted by atomic mass is 9.66. The second kappa shape index (κ2) is 4.75. The predicted molar refractivity (Wildman–Crippen MR) is 82.8 cm³/mol. The van der Waals surface area contributed by atoms with Crippen molar-refractivity contribution in [1.82, 2.24) is 5.32 Å². The molecule has 0 saturated carbocycles. The maximum absolute atomic E-state index is 3.78. The van der Waals surface area contributed by atoms with Crippen LogP contribution in [0, 0.1) is 0 Å². The van der Waals surface area contributed by atoms with E-state index < -0.39 is 0 Å². The maximum Gasteiger partial charge on any atom is 0.0232 e. The van der Waals surface area contributed by atoms with E-state index in [4.69, 9.17) is 0 Å². The molecule has 1 nitrogen and oxygen atoms in total. The molecule has 0 aliphatic carbocycles. The molecule has 2 aromatic rings. The molecule has 2 bridgehead atoms. The van der Waals surface area contributed by atoms with Crippen LogP contribution in [0.1, 0.15) is 36.8 Å². The Morgan fingerprint density at radius 1 is 0.700 bits per heavy atom. The smallest absolute Gasteiger partial charge is 0.0232 e. The van der Waals surface area contributed by atoms with E-state index in [0.29, 0.717) is 12.1 Å². The molecule has 2 heterocycles. The first kappa shape index (κ1) is 12.2. The summed E-state index contributed by atoms with van der Waals surface area (Å²) in [5.74, 6) is 0. The number of hydrogen-bond donors (Lipinski definition) is 1. The Bertz CT molecular complexity index is 522. The van der Waals surface area contributed by atoms with Crippen molar-refractivity contribution in [1.29, 1.82) is 0 Å². The Morgan fingerprint density at radius 3 is 1.60 bits per heavy atom. The van der Waals surface area contributed by atoms with E-state index in [1.54, 1.807) is 0 Å². The molecule has 102 valence electrons. The molecular weight excluding hydrogens is 242 g/mol. The van der Waals surface area contributed by atoms with Crippen LogP contribution in [-0.2, 0) is 5.41 Å². The van der Waals surface area contributed by atoms with Crippen LogP contribution in [0.5, 0.6) is 0 Å². The molecule has 2 aliphatic heterocycles. The van der Waals surface area contributed by atoms with Crippen LogP contribution in [0.25, 0.3) is 0 Å². The van der Waals surface area contributed by atoms with Crippen molar-refractivity contribution in [3.63, 3.8) is 0 Å². The second-order valence-corrected chi connectivity index (χ2v) is 6.36. The van der Waals surface area contributed by atoms with Gasteiger partial charge in [0.2, 0.25) is 0 Å². The van der Waals surface area contributed by atoms with Gasteiger partial charge in [0.1, 0.15) is 0 Å². The lowest BCUT2D eigenvalue weighted by molar-refractivity contribution is 0.289. The third kappa shape index (κ3) is 1.89. The fourth-order valence-electron chi connectivity index (χ4n) is 4.30. The summed E-state index contributed by atoms with van der Waals surface area (Å²) >= 11 is 0. The molecule has 2 atom stereocenters. The minimum absolute atomic E-state index is 0.208. The van der Waals surface area contributed by atoms with E-state index in [-0.39, 0.29) is 5.41 Å². The van der Waals surface area contributed by atoms with Crippen LogP contribution in [0.3, 0.4) is 0 Å². The molecule has 0 radical (unpaired) electrons. The van der Waals surface area contributed by atoms with E-state index in [9.17, 15) is 0 Å². The number of benzene rings is 2. The number of fused-ring (bicyclic) bond motifs is 2. The molecule has 0 amide bonds. The summed E-state index contributed by atoms with van der Waals surface area (Å²) in [6.07, 6.45) is 5.15. The van der Waals surface area contributed by atoms with Gasteiger partial charge in [-0.25, -0.2) is 0 Å². The quantitative estimate of drug-likeness (QED) is 0.867.